The van der Waals surface area contributed by atoms with Gasteiger partial charge in [-0.2, -0.15) is 0 Å². The Hall–Kier alpha value is -0.370. The molecule has 2 saturated carbocycles. The van der Waals surface area contributed by atoms with E-state index in [0.717, 1.165) is 25.9 Å². The molecule has 0 bridgehead atoms. The third kappa shape index (κ3) is 2.17. The Morgan fingerprint density at radius 2 is 2.00 bits per heavy atom. The van der Waals surface area contributed by atoms with Gasteiger partial charge in [-0.25, -0.2) is 0 Å². The molecular weight excluding hydrogens is 200 g/mol. The number of Topliss-reactive ketones (excluding diaryl/α,β-unsaturated/α-hetero) is 1. The van der Waals surface area contributed by atoms with Crippen LogP contribution in [0.25, 0.3) is 0 Å². The number of hydrogen-bond donors (Lipinski definition) is 0. The first-order chi connectivity index (χ1) is 7.79. The number of hydrogen-bond acceptors (Lipinski definition) is 2. The summed E-state index contributed by atoms with van der Waals surface area (Å²) in [6.45, 7) is 3.08. The third-order valence-corrected chi connectivity index (χ3v) is 4.36. The van der Waals surface area contributed by atoms with E-state index in [9.17, 15) is 4.79 Å². The summed E-state index contributed by atoms with van der Waals surface area (Å²) in [6, 6.07) is 0. The number of ether oxygens (including phenoxy) is 1. The van der Waals surface area contributed by atoms with Crippen LogP contribution >= 0.6 is 0 Å². The van der Waals surface area contributed by atoms with E-state index in [0.29, 0.717) is 12.2 Å². The van der Waals surface area contributed by atoms with Crippen LogP contribution < -0.4 is 0 Å². The number of rotatable bonds is 6. The fraction of sp³-hybridized carbons (Fsp3) is 0.929. The van der Waals surface area contributed by atoms with E-state index in [4.69, 9.17) is 4.74 Å². The predicted molar refractivity (Wildman–Crippen MR) is 64.4 cm³/mol. The molecule has 1 atom stereocenters. The molecule has 2 aliphatic carbocycles. The molecule has 1 spiro atoms. The van der Waals surface area contributed by atoms with Gasteiger partial charge in [-0.15, -0.1) is 0 Å². The summed E-state index contributed by atoms with van der Waals surface area (Å²) in [5.74, 6) is 0.476. The lowest BCUT2D eigenvalue weighted by Gasteiger charge is -2.44. The van der Waals surface area contributed by atoms with E-state index in [1.54, 1.807) is 0 Å². The normalized spacial score (nSPS) is 27.3. The summed E-state index contributed by atoms with van der Waals surface area (Å²) in [6.07, 6.45) is 10.6. The third-order valence-electron chi connectivity index (χ3n) is 4.36. The van der Waals surface area contributed by atoms with Gasteiger partial charge in [0.25, 0.3) is 0 Å². The minimum absolute atomic E-state index is 0.0231. The SMILES string of the molecule is CCCCCCOC1CC(=O)C12CCCC2. The van der Waals surface area contributed by atoms with E-state index >= 15 is 0 Å². The summed E-state index contributed by atoms with van der Waals surface area (Å²) in [5, 5.41) is 0. The quantitative estimate of drug-likeness (QED) is 0.646. The molecular formula is C14H24O2. The van der Waals surface area contributed by atoms with Crippen molar-refractivity contribution in [2.45, 2.75) is 70.8 Å². The standard InChI is InChI=1S/C14H24O2/c1-2-3-4-7-10-16-13-11-12(15)14(13)8-5-6-9-14/h13H,2-11H2,1H3. The topological polar surface area (TPSA) is 26.3 Å². The van der Waals surface area contributed by atoms with Crippen LogP contribution in [-0.2, 0) is 9.53 Å². The maximum absolute atomic E-state index is 11.7. The molecule has 2 fully saturated rings. The van der Waals surface area contributed by atoms with Crippen LogP contribution in [-0.4, -0.2) is 18.5 Å². The summed E-state index contributed by atoms with van der Waals surface area (Å²) >= 11 is 0. The molecule has 0 N–H and O–H groups in total. The van der Waals surface area contributed by atoms with Crippen molar-refractivity contribution in [2.75, 3.05) is 6.61 Å². The van der Waals surface area contributed by atoms with Gasteiger partial charge in [-0.3, -0.25) is 4.79 Å². The van der Waals surface area contributed by atoms with E-state index in [1.807, 2.05) is 0 Å². The predicted octanol–water partition coefficient (Wildman–Crippen LogP) is 3.49. The first kappa shape index (κ1) is 12.1. The highest BCUT2D eigenvalue weighted by Gasteiger charge is 2.56. The zero-order chi connectivity index (χ0) is 11.4. The van der Waals surface area contributed by atoms with Crippen molar-refractivity contribution in [1.82, 2.24) is 0 Å². The zero-order valence-electron chi connectivity index (χ0n) is 10.5. The molecule has 0 amide bonds. The summed E-state index contributed by atoms with van der Waals surface area (Å²) in [7, 11) is 0. The van der Waals surface area contributed by atoms with Gasteiger partial charge in [-0.1, -0.05) is 39.0 Å². The number of ketones is 1. The minimum atomic E-state index is -0.0231. The minimum Gasteiger partial charge on any atom is -0.377 e. The second-order valence-corrected chi connectivity index (χ2v) is 5.41. The van der Waals surface area contributed by atoms with Gasteiger partial charge >= 0.3 is 0 Å². The molecule has 0 heterocycles. The van der Waals surface area contributed by atoms with Crippen LogP contribution in [0, 0.1) is 5.41 Å². The molecule has 1 unspecified atom stereocenters. The fourth-order valence-corrected chi connectivity index (χ4v) is 3.20. The van der Waals surface area contributed by atoms with Crippen LogP contribution in [0.5, 0.6) is 0 Å². The molecule has 0 saturated heterocycles. The van der Waals surface area contributed by atoms with E-state index in [2.05, 4.69) is 6.92 Å². The molecule has 2 aliphatic rings. The van der Waals surface area contributed by atoms with Crippen LogP contribution in [0.2, 0.25) is 0 Å². The number of carbonyl (C=O) groups excluding carboxylic acids is 1. The highest BCUT2D eigenvalue weighted by Crippen LogP contribution is 2.51. The molecule has 2 rings (SSSR count). The Morgan fingerprint density at radius 1 is 1.25 bits per heavy atom. The molecule has 0 aliphatic heterocycles. The fourth-order valence-electron chi connectivity index (χ4n) is 3.20. The molecule has 2 nitrogen and oxygen atoms in total. The van der Waals surface area contributed by atoms with Crippen molar-refractivity contribution in [3.8, 4) is 0 Å². The van der Waals surface area contributed by atoms with Crippen molar-refractivity contribution in [3.63, 3.8) is 0 Å². The summed E-state index contributed by atoms with van der Waals surface area (Å²) in [4.78, 5) is 11.7. The lowest BCUT2D eigenvalue weighted by atomic mass is 9.63. The van der Waals surface area contributed by atoms with Gasteiger partial charge in [0, 0.05) is 13.0 Å². The highest BCUT2D eigenvalue weighted by atomic mass is 16.5. The van der Waals surface area contributed by atoms with E-state index in [-0.39, 0.29) is 11.5 Å². The summed E-state index contributed by atoms with van der Waals surface area (Å²) < 4.78 is 5.91. The molecule has 0 radical (unpaired) electrons. The monoisotopic (exact) mass is 224 g/mol. The van der Waals surface area contributed by atoms with E-state index in [1.165, 1.54) is 32.1 Å². The maximum Gasteiger partial charge on any atom is 0.144 e. The van der Waals surface area contributed by atoms with Gasteiger partial charge in [-0.05, 0) is 19.3 Å². The van der Waals surface area contributed by atoms with Gasteiger partial charge < -0.3 is 4.74 Å². The average Bonchev–Trinajstić information content (AvgIpc) is 2.79. The molecule has 92 valence electrons. The molecule has 2 heteroatoms. The number of carbonyl (C=O) groups is 1. The Kier molecular flexibility index (Phi) is 4.01. The van der Waals surface area contributed by atoms with Crippen LogP contribution in [0.1, 0.15) is 64.7 Å². The van der Waals surface area contributed by atoms with Gasteiger partial charge in [0.1, 0.15) is 5.78 Å². The molecule has 16 heavy (non-hydrogen) atoms. The first-order valence-corrected chi connectivity index (χ1v) is 6.94. The Balaban J connectivity index is 1.68. The lowest BCUT2D eigenvalue weighted by Crippen LogP contribution is -2.53. The Morgan fingerprint density at radius 3 is 2.62 bits per heavy atom. The Labute approximate surface area is 98.7 Å². The van der Waals surface area contributed by atoms with Gasteiger partial charge in [0.2, 0.25) is 0 Å². The lowest BCUT2D eigenvalue weighted by molar-refractivity contribution is -0.162. The second-order valence-electron chi connectivity index (χ2n) is 5.41. The summed E-state index contributed by atoms with van der Waals surface area (Å²) in [5.41, 5.74) is -0.0231. The first-order valence-electron chi connectivity index (χ1n) is 6.94. The van der Waals surface area contributed by atoms with Crippen LogP contribution in [0.4, 0.5) is 0 Å². The van der Waals surface area contributed by atoms with Crippen molar-refractivity contribution in [1.29, 1.82) is 0 Å². The van der Waals surface area contributed by atoms with E-state index < -0.39 is 0 Å². The zero-order valence-corrected chi connectivity index (χ0v) is 10.5. The molecule has 0 aromatic carbocycles. The Bertz CT molecular complexity index is 241. The van der Waals surface area contributed by atoms with Crippen molar-refractivity contribution in [3.05, 3.63) is 0 Å². The van der Waals surface area contributed by atoms with Crippen LogP contribution in [0.3, 0.4) is 0 Å². The maximum atomic E-state index is 11.7. The highest BCUT2D eigenvalue weighted by molar-refractivity contribution is 5.92. The molecule has 0 aromatic heterocycles. The number of unbranched alkanes of at least 4 members (excludes halogenated alkanes) is 3. The largest absolute Gasteiger partial charge is 0.377 e. The van der Waals surface area contributed by atoms with Gasteiger partial charge in [0.05, 0.1) is 11.5 Å². The van der Waals surface area contributed by atoms with Gasteiger partial charge in [0.15, 0.2) is 0 Å². The van der Waals surface area contributed by atoms with Crippen molar-refractivity contribution >= 4 is 5.78 Å². The van der Waals surface area contributed by atoms with Crippen molar-refractivity contribution < 1.29 is 9.53 Å². The smallest absolute Gasteiger partial charge is 0.144 e. The van der Waals surface area contributed by atoms with Crippen molar-refractivity contribution in [2.24, 2.45) is 5.41 Å². The average molecular weight is 224 g/mol. The second kappa shape index (κ2) is 5.31. The van der Waals surface area contributed by atoms with Crippen LogP contribution in [0.15, 0.2) is 0 Å². The molecule has 0 aromatic rings.